The van der Waals surface area contributed by atoms with E-state index in [-0.39, 0.29) is 23.8 Å². The Labute approximate surface area is 155 Å². The number of nitrogens with zero attached hydrogens (tertiary/aromatic N) is 1. The minimum Gasteiger partial charge on any atom is -0.373 e. The monoisotopic (exact) mass is 355 g/mol. The maximum Gasteiger partial charge on any atom is 0.319 e. The van der Waals surface area contributed by atoms with Crippen LogP contribution in [-0.2, 0) is 4.74 Å². The van der Waals surface area contributed by atoms with E-state index < -0.39 is 0 Å². The molecule has 0 unspecified atom stereocenters. The number of morpholine rings is 1. The summed E-state index contributed by atoms with van der Waals surface area (Å²) >= 11 is 0. The minimum atomic E-state index is -0.177. The quantitative estimate of drug-likeness (QED) is 0.876. The summed E-state index contributed by atoms with van der Waals surface area (Å²) in [6.45, 7) is 10.8. The summed E-state index contributed by atoms with van der Waals surface area (Å²) in [4.78, 5) is 14.8. The van der Waals surface area contributed by atoms with E-state index in [1.807, 2.05) is 42.5 Å². The number of carbonyl (C=O) groups is 1. The molecule has 1 aliphatic rings. The van der Waals surface area contributed by atoms with Crippen molar-refractivity contribution in [3.63, 3.8) is 0 Å². The third-order valence-corrected chi connectivity index (χ3v) is 5.00. The first-order valence-electron chi connectivity index (χ1n) is 9.28. The van der Waals surface area contributed by atoms with Crippen LogP contribution in [0.1, 0.15) is 27.7 Å². The van der Waals surface area contributed by atoms with Gasteiger partial charge in [-0.15, -0.1) is 0 Å². The van der Waals surface area contributed by atoms with E-state index in [1.165, 1.54) is 0 Å². The number of benzene rings is 2. The van der Waals surface area contributed by atoms with E-state index in [9.17, 15) is 4.79 Å². The number of amides is 2. The summed E-state index contributed by atoms with van der Waals surface area (Å²) in [5, 5.41) is 8.17. The molecule has 0 aromatic heterocycles. The zero-order valence-electron chi connectivity index (χ0n) is 16.1. The number of hydrogen-bond donors (Lipinski definition) is 2. The first-order chi connectivity index (χ1) is 12.3. The first kappa shape index (κ1) is 18.7. The predicted octanol–water partition coefficient (Wildman–Crippen LogP) is 3.85. The molecule has 0 radical (unpaired) electrons. The zero-order chi connectivity index (χ0) is 18.7. The van der Waals surface area contributed by atoms with Gasteiger partial charge in [-0.2, -0.15) is 0 Å². The smallest absolute Gasteiger partial charge is 0.319 e. The molecule has 5 nitrogen and oxygen atoms in total. The van der Waals surface area contributed by atoms with Gasteiger partial charge in [-0.3, -0.25) is 4.90 Å². The molecular formula is C21H29N3O2. The van der Waals surface area contributed by atoms with Crippen molar-refractivity contribution >= 4 is 22.5 Å². The molecule has 2 aromatic rings. The maximum atomic E-state index is 12.4. The molecule has 0 saturated carbocycles. The van der Waals surface area contributed by atoms with E-state index in [2.05, 4.69) is 43.2 Å². The Balaban J connectivity index is 1.61. The highest BCUT2D eigenvalue weighted by Gasteiger charge is 2.33. The topological polar surface area (TPSA) is 53.6 Å². The fourth-order valence-electron chi connectivity index (χ4n) is 3.58. The van der Waals surface area contributed by atoms with Crippen LogP contribution in [0.3, 0.4) is 0 Å². The lowest BCUT2D eigenvalue weighted by Gasteiger charge is -2.45. The molecule has 5 heteroatoms. The van der Waals surface area contributed by atoms with Gasteiger partial charge < -0.3 is 15.4 Å². The number of anilines is 1. The van der Waals surface area contributed by atoms with Crippen molar-refractivity contribution in [1.82, 2.24) is 10.2 Å². The Morgan fingerprint density at radius 1 is 1.12 bits per heavy atom. The lowest BCUT2D eigenvalue weighted by atomic mass is 10.00. The number of ether oxygens (including phenoxy) is 1. The molecule has 1 saturated heterocycles. The number of hydrogen-bond acceptors (Lipinski definition) is 3. The molecule has 0 spiro atoms. The van der Waals surface area contributed by atoms with E-state index in [4.69, 9.17) is 4.74 Å². The molecule has 2 N–H and O–H groups in total. The van der Waals surface area contributed by atoms with E-state index >= 15 is 0 Å². The van der Waals surface area contributed by atoms with E-state index in [0.717, 1.165) is 29.5 Å². The van der Waals surface area contributed by atoms with Crippen LogP contribution in [0.15, 0.2) is 42.5 Å². The summed E-state index contributed by atoms with van der Waals surface area (Å²) < 4.78 is 5.82. The maximum absolute atomic E-state index is 12.4. The van der Waals surface area contributed by atoms with Crippen molar-refractivity contribution in [2.45, 2.75) is 45.4 Å². The molecule has 2 amide bonds. The highest BCUT2D eigenvalue weighted by atomic mass is 16.5. The van der Waals surface area contributed by atoms with Crippen LogP contribution in [0.25, 0.3) is 10.8 Å². The molecule has 0 bridgehead atoms. The van der Waals surface area contributed by atoms with Crippen LogP contribution in [0, 0.1) is 0 Å². The Hall–Kier alpha value is -2.11. The lowest BCUT2D eigenvalue weighted by molar-refractivity contribution is -0.0947. The average Bonchev–Trinajstić information content (AvgIpc) is 2.60. The van der Waals surface area contributed by atoms with Crippen LogP contribution in [-0.4, -0.2) is 48.3 Å². The summed E-state index contributed by atoms with van der Waals surface area (Å²) in [5.41, 5.74) is 0.689. The van der Waals surface area contributed by atoms with Crippen molar-refractivity contribution in [2.24, 2.45) is 0 Å². The van der Waals surface area contributed by atoms with Crippen molar-refractivity contribution < 1.29 is 9.53 Å². The fraction of sp³-hybridized carbons (Fsp3) is 0.476. The van der Waals surface area contributed by atoms with Gasteiger partial charge in [-0.25, -0.2) is 4.79 Å². The van der Waals surface area contributed by atoms with Crippen molar-refractivity contribution in [1.29, 1.82) is 0 Å². The third kappa shape index (κ3) is 4.34. The van der Waals surface area contributed by atoms with Crippen LogP contribution in [0.2, 0.25) is 0 Å². The number of carbonyl (C=O) groups excluding carboxylic acids is 1. The molecular weight excluding hydrogens is 326 g/mol. The molecule has 3 rings (SSSR count). The highest BCUT2D eigenvalue weighted by molar-refractivity contribution is 6.01. The van der Waals surface area contributed by atoms with E-state index in [0.29, 0.717) is 6.54 Å². The summed E-state index contributed by atoms with van der Waals surface area (Å²) in [7, 11) is 0. The summed E-state index contributed by atoms with van der Waals surface area (Å²) in [5.74, 6) is 0. The molecule has 140 valence electrons. The standard InChI is InChI=1S/C21H29N3O2/c1-15-12-24(13-16(2)26-15)21(3,4)14-22-20(25)23-19-11-7-9-17-8-5-6-10-18(17)19/h5-11,15-16H,12-14H2,1-4H3,(H2,22,23,25)/t15-,16-/m0/s1. The average molecular weight is 355 g/mol. The largest absolute Gasteiger partial charge is 0.373 e. The number of rotatable bonds is 4. The Bertz CT molecular complexity index is 759. The SMILES string of the molecule is C[C@H]1CN(C(C)(C)CNC(=O)Nc2cccc3ccccc23)C[C@H](C)O1. The van der Waals surface area contributed by atoms with Gasteiger partial charge in [0.25, 0.3) is 0 Å². The van der Waals surface area contributed by atoms with Gasteiger partial charge >= 0.3 is 6.03 Å². The van der Waals surface area contributed by atoms with Crippen LogP contribution in [0.4, 0.5) is 10.5 Å². The molecule has 1 aliphatic heterocycles. The molecule has 26 heavy (non-hydrogen) atoms. The van der Waals surface area contributed by atoms with Gasteiger partial charge in [0, 0.05) is 30.6 Å². The molecule has 0 aliphatic carbocycles. The molecule has 2 atom stereocenters. The highest BCUT2D eigenvalue weighted by Crippen LogP contribution is 2.23. The zero-order valence-corrected chi connectivity index (χ0v) is 16.1. The van der Waals surface area contributed by atoms with Crippen molar-refractivity contribution in [2.75, 3.05) is 25.0 Å². The van der Waals surface area contributed by atoms with Gasteiger partial charge in [-0.1, -0.05) is 36.4 Å². The molecule has 1 fully saturated rings. The second-order valence-electron chi connectivity index (χ2n) is 7.81. The second-order valence-corrected chi connectivity index (χ2v) is 7.81. The normalized spacial score (nSPS) is 21.5. The van der Waals surface area contributed by atoms with Gasteiger partial charge in [0.1, 0.15) is 0 Å². The minimum absolute atomic E-state index is 0.137. The number of urea groups is 1. The van der Waals surface area contributed by atoms with Crippen LogP contribution >= 0.6 is 0 Å². The molecule has 1 heterocycles. The van der Waals surface area contributed by atoms with Crippen molar-refractivity contribution in [3.8, 4) is 0 Å². The lowest BCUT2D eigenvalue weighted by Crippen LogP contribution is -2.58. The Kier molecular flexibility index (Phi) is 5.49. The van der Waals surface area contributed by atoms with Gasteiger partial charge in [0.05, 0.1) is 17.9 Å². The fourth-order valence-corrected chi connectivity index (χ4v) is 3.58. The summed E-state index contributed by atoms with van der Waals surface area (Å²) in [6, 6.07) is 13.8. The van der Waals surface area contributed by atoms with Gasteiger partial charge in [0.15, 0.2) is 0 Å². The number of nitrogens with one attached hydrogen (secondary N) is 2. The predicted molar refractivity (Wildman–Crippen MR) is 107 cm³/mol. The van der Waals surface area contributed by atoms with Crippen molar-refractivity contribution in [3.05, 3.63) is 42.5 Å². The Morgan fingerprint density at radius 2 is 1.77 bits per heavy atom. The van der Waals surface area contributed by atoms with Crippen LogP contribution < -0.4 is 10.6 Å². The molecule has 2 aromatic carbocycles. The third-order valence-electron chi connectivity index (χ3n) is 5.00. The number of fused-ring (bicyclic) bond motifs is 1. The van der Waals surface area contributed by atoms with Crippen LogP contribution in [0.5, 0.6) is 0 Å². The second kappa shape index (κ2) is 7.64. The van der Waals surface area contributed by atoms with E-state index in [1.54, 1.807) is 0 Å². The Morgan fingerprint density at radius 3 is 2.50 bits per heavy atom. The summed E-state index contributed by atoms with van der Waals surface area (Å²) in [6.07, 6.45) is 0.421. The first-order valence-corrected chi connectivity index (χ1v) is 9.28. The van der Waals surface area contributed by atoms with Gasteiger partial charge in [0.2, 0.25) is 0 Å². The van der Waals surface area contributed by atoms with Gasteiger partial charge in [-0.05, 0) is 39.1 Å².